The van der Waals surface area contributed by atoms with E-state index in [0.29, 0.717) is 53.9 Å². The molecule has 212 valence electrons. The molecule has 2 fully saturated rings. The fourth-order valence-corrected chi connectivity index (χ4v) is 5.43. The van der Waals surface area contributed by atoms with Gasteiger partial charge in [-0.3, -0.25) is 14.7 Å². The fraction of sp³-hybridized carbons (Fsp3) is 0.321. The Morgan fingerprint density at radius 3 is 2.44 bits per heavy atom. The van der Waals surface area contributed by atoms with Crippen molar-refractivity contribution in [2.24, 2.45) is 0 Å². The summed E-state index contributed by atoms with van der Waals surface area (Å²) in [6, 6.07) is 10.4. The number of fused-ring (bicyclic) bond motifs is 1. The lowest BCUT2D eigenvalue weighted by Crippen LogP contribution is -2.43. The zero-order valence-electron chi connectivity index (χ0n) is 21.9. The normalized spacial score (nSPS) is 18.6. The van der Waals surface area contributed by atoms with E-state index in [0.717, 1.165) is 24.7 Å². The van der Waals surface area contributed by atoms with Crippen LogP contribution in [0.3, 0.4) is 0 Å². The van der Waals surface area contributed by atoms with Crippen LogP contribution in [0.25, 0.3) is 5.65 Å². The molecule has 0 aliphatic heterocycles. The molecule has 6 rings (SSSR count). The number of hydrogen-bond donors (Lipinski definition) is 4. The fourth-order valence-electron chi connectivity index (χ4n) is 5.20. The number of benzene rings is 1. The van der Waals surface area contributed by atoms with Crippen LogP contribution in [0.5, 0.6) is 0 Å². The molecule has 13 heteroatoms. The molecular weight excluding hydrogens is 551 g/mol. The Balaban J connectivity index is 1.21. The molecule has 2 aliphatic rings. The van der Waals surface area contributed by atoms with Crippen molar-refractivity contribution in [3.05, 3.63) is 71.5 Å². The number of nitrogens with zero attached hydrogens (tertiary/aromatic N) is 5. The molecule has 2 amide bonds. The monoisotopic (exact) mass is 578 g/mol. The molecule has 2 aliphatic carbocycles. The van der Waals surface area contributed by atoms with Crippen molar-refractivity contribution in [1.82, 2.24) is 19.6 Å². The Bertz CT molecular complexity index is 1600. The van der Waals surface area contributed by atoms with E-state index in [4.69, 9.17) is 11.6 Å². The summed E-state index contributed by atoms with van der Waals surface area (Å²) in [5.41, 5.74) is 1.87. The first-order valence-corrected chi connectivity index (χ1v) is 13.8. The Hall–Kier alpha value is -4.45. The lowest BCUT2D eigenvalue weighted by Gasteiger charge is -2.36. The number of imidazole rings is 1. The van der Waals surface area contributed by atoms with Gasteiger partial charge in [-0.15, -0.1) is 5.10 Å². The molecule has 1 aromatic carbocycles. The summed E-state index contributed by atoms with van der Waals surface area (Å²) in [6.07, 6.45) is 7.59. The van der Waals surface area contributed by atoms with Gasteiger partial charge in [0.15, 0.2) is 17.2 Å². The predicted octanol–water partition coefficient (Wildman–Crippen LogP) is 5.65. The maximum absolute atomic E-state index is 14.1. The van der Waals surface area contributed by atoms with Crippen molar-refractivity contribution in [3.63, 3.8) is 0 Å². The van der Waals surface area contributed by atoms with Crippen LogP contribution in [0.15, 0.2) is 55.0 Å². The van der Waals surface area contributed by atoms with Crippen LogP contribution in [0, 0.1) is 5.82 Å². The van der Waals surface area contributed by atoms with Crippen molar-refractivity contribution >= 4 is 52.1 Å². The Labute approximate surface area is 239 Å². The van der Waals surface area contributed by atoms with Gasteiger partial charge in [-0.2, -0.15) is 0 Å². The Morgan fingerprint density at radius 2 is 1.73 bits per heavy atom. The summed E-state index contributed by atoms with van der Waals surface area (Å²) in [5, 5.41) is 24.5. The van der Waals surface area contributed by atoms with E-state index in [9.17, 15) is 19.1 Å². The summed E-state index contributed by atoms with van der Waals surface area (Å²) < 4.78 is 15.6. The zero-order chi connectivity index (χ0) is 28.5. The minimum absolute atomic E-state index is 0.00881. The van der Waals surface area contributed by atoms with E-state index in [1.165, 1.54) is 27.9 Å². The molecule has 0 radical (unpaired) electrons. The second-order valence-corrected chi connectivity index (χ2v) is 10.7. The van der Waals surface area contributed by atoms with Crippen LogP contribution in [0.2, 0.25) is 5.02 Å². The van der Waals surface area contributed by atoms with Gasteiger partial charge >= 0.3 is 6.09 Å². The average molecular weight is 579 g/mol. The molecule has 11 nitrogen and oxygen atoms in total. The highest BCUT2D eigenvalue weighted by molar-refractivity contribution is 6.33. The molecule has 4 aromatic rings. The smallest absolute Gasteiger partial charge is 0.412 e. The largest absolute Gasteiger partial charge is 0.465 e. The van der Waals surface area contributed by atoms with Crippen LogP contribution >= 0.6 is 11.6 Å². The second kappa shape index (κ2) is 11.2. The first-order valence-electron chi connectivity index (χ1n) is 13.5. The number of para-hydroxylation sites is 1. The highest BCUT2D eigenvalue weighted by Crippen LogP contribution is 2.34. The topological polar surface area (TPSA) is 137 Å². The van der Waals surface area contributed by atoms with Crippen LogP contribution in [-0.4, -0.2) is 54.8 Å². The van der Waals surface area contributed by atoms with E-state index >= 15 is 0 Å². The van der Waals surface area contributed by atoms with E-state index in [1.54, 1.807) is 24.3 Å². The quantitative estimate of drug-likeness (QED) is 0.210. The number of amides is 2. The number of aromatic nitrogens is 4. The van der Waals surface area contributed by atoms with E-state index < -0.39 is 17.8 Å². The highest BCUT2D eigenvalue weighted by atomic mass is 35.5. The van der Waals surface area contributed by atoms with Gasteiger partial charge in [0.2, 0.25) is 0 Å². The molecule has 0 atom stereocenters. The number of carboxylic acid groups (broad SMARTS) is 1. The molecule has 2 saturated carbocycles. The van der Waals surface area contributed by atoms with Gasteiger partial charge < -0.3 is 21.1 Å². The zero-order valence-corrected chi connectivity index (χ0v) is 22.7. The molecule has 0 saturated heterocycles. The highest BCUT2D eigenvalue weighted by Gasteiger charge is 2.31. The summed E-state index contributed by atoms with van der Waals surface area (Å²) >= 11 is 6.31. The number of halogens is 2. The van der Waals surface area contributed by atoms with Crippen molar-refractivity contribution in [2.75, 3.05) is 20.9 Å². The van der Waals surface area contributed by atoms with Crippen LogP contribution in [-0.2, 0) is 0 Å². The van der Waals surface area contributed by atoms with Crippen LogP contribution in [0.1, 0.15) is 49.0 Å². The molecule has 4 N–H and O–H groups in total. The number of hydrogen-bond acceptors (Lipinski definition) is 7. The van der Waals surface area contributed by atoms with Crippen LogP contribution in [0.4, 0.5) is 32.1 Å². The number of rotatable bonds is 8. The number of pyridine rings is 1. The maximum Gasteiger partial charge on any atom is 0.412 e. The first-order chi connectivity index (χ1) is 19.9. The van der Waals surface area contributed by atoms with Crippen molar-refractivity contribution in [2.45, 2.75) is 56.7 Å². The minimum atomic E-state index is -1.03. The van der Waals surface area contributed by atoms with Gasteiger partial charge in [-0.25, -0.2) is 18.7 Å². The third kappa shape index (κ3) is 5.73. The van der Waals surface area contributed by atoms with E-state index in [2.05, 4.69) is 31.0 Å². The second-order valence-electron chi connectivity index (χ2n) is 10.3. The lowest BCUT2D eigenvalue weighted by molar-refractivity contribution is 0.102. The van der Waals surface area contributed by atoms with Crippen molar-refractivity contribution < 1.29 is 19.1 Å². The van der Waals surface area contributed by atoms with Crippen molar-refractivity contribution in [3.8, 4) is 0 Å². The Kier molecular flexibility index (Phi) is 7.31. The molecule has 0 unspecified atom stereocenters. The van der Waals surface area contributed by atoms with Gasteiger partial charge in [-0.1, -0.05) is 23.7 Å². The van der Waals surface area contributed by atoms with Crippen molar-refractivity contribution in [1.29, 1.82) is 0 Å². The molecule has 41 heavy (non-hydrogen) atoms. The molecule has 0 bridgehead atoms. The maximum atomic E-state index is 14.1. The lowest BCUT2D eigenvalue weighted by atomic mass is 9.90. The molecule has 3 aromatic heterocycles. The van der Waals surface area contributed by atoms with Gasteiger partial charge in [0.1, 0.15) is 5.82 Å². The Morgan fingerprint density at radius 1 is 1.00 bits per heavy atom. The summed E-state index contributed by atoms with van der Waals surface area (Å²) in [4.78, 5) is 34.7. The summed E-state index contributed by atoms with van der Waals surface area (Å²) in [6.45, 7) is 0. The first kappa shape index (κ1) is 26.8. The average Bonchev–Trinajstić information content (AvgIpc) is 3.67. The molecular formula is C28H28ClFN8O3. The van der Waals surface area contributed by atoms with Gasteiger partial charge in [0.05, 0.1) is 34.5 Å². The van der Waals surface area contributed by atoms with E-state index in [1.807, 2.05) is 6.07 Å². The molecule has 3 heterocycles. The number of anilines is 4. The van der Waals surface area contributed by atoms with Gasteiger partial charge in [-0.05, 0) is 56.7 Å². The summed E-state index contributed by atoms with van der Waals surface area (Å²) in [5.74, 6) is -0.654. The molecule has 0 spiro atoms. The number of nitrogens with one attached hydrogen (secondary N) is 3. The minimum Gasteiger partial charge on any atom is -0.465 e. The van der Waals surface area contributed by atoms with Gasteiger partial charge in [0, 0.05) is 30.4 Å². The summed E-state index contributed by atoms with van der Waals surface area (Å²) in [7, 11) is 0. The third-order valence-electron chi connectivity index (χ3n) is 7.39. The number of carbonyl (C=O) groups excluding carboxylic acids is 1. The van der Waals surface area contributed by atoms with Gasteiger partial charge in [0.25, 0.3) is 5.91 Å². The SMILES string of the molecule is O=C(Nc1ccncc1F)c1cnc2c(NC3CC3)cc(NC3CCC(N(C(=O)O)c4ccccc4Cl)CC3)nn12. The van der Waals surface area contributed by atoms with E-state index in [-0.39, 0.29) is 23.5 Å². The standard InChI is InChI=1S/C28H28ClFN8O3/c29-19-3-1-2-4-23(19)37(28(40)41)18-9-7-17(8-10-18)34-25-13-22(33-16-5-6-16)26-32-15-24(38(26)36-25)27(39)35-21-11-12-31-14-20(21)30/h1-4,11-18,33H,5-10H2,(H,34,36)(H,40,41)(H,31,35,39). The third-order valence-corrected chi connectivity index (χ3v) is 7.71. The van der Waals surface area contributed by atoms with Crippen LogP contribution < -0.4 is 20.9 Å². The predicted molar refractivity (Wildman–Crippen MR) is 153 cm³/mol. The number of carbonyl (C=O) groups is 2.